The highest BCUT2D eigenvalue weighted by molar-refractivity contribution is 6.31. The minimum atomic E-state index is -0.883. The quantitative estimate of drug-likeness (QED) is 0.644. The van der Waals surface area contributed by atoms with Gasteiger partial charge in [0, 0.05) is 17.2 Å². The van der Waals surface area contributed by atoms with E-state index in [0.29, 0.717) is 22.1 Å². The molecule has 1 amide bonds. The maximum absolute atomic E-state index is 12.6. The molecule has 8 heteroatoms. The molecule has 1 heterocycles. The third-order valence-electron chi connectivity index (χ3n) is 4.60. The Hall–Kier alpha value is -3.32. The second-order valence-electron chi connectivity index (χ2n) is 6.78. The topological polar surface area (TPSA) is 82.5 Å². The highest BCUT2D eigenvalue weighted by Crippen LogP contribution is 2.28. The fourth-order valence-corrected chi connectivity index (χ4v) is 2.92. The lowest BCUT2D eigenvalue weighted by Gasteiger charge is -2.16. The monoisotopic (exact) mass is 427 g/mol. The van der Waals surface area contributed by atoms with E-state index >= 15 is 0 Å². The first-order chi connectivity index (χ1) is 14.3. The molecule has 30 heavy (non-hydrogen) atoms. The van der Waals surface area contributed by atoms with Crippen LogP contribution in [0.5, 0.6) is 11.6 Å². The van der Waals surface area contributed by atoms with Crippen LogP contribution in [0.15, 0.2) is 53.3 Å². The van der Waals surface area contributed by atoms with E-state index < -0.39 is 12.0 Å². The third-order valence-corrected chi connectivity index (χ3v) is 4.83. The fraction of sp³-hybridized carbons (Fsp3) is 0.227. The van der Waals surface area contributed by atoms with Crippen LogP contribution in [0, 0.1) is 13.8 Å². The van der Waals surface area contributed by atoms with Crippen molar-refractivity contribution < 1.29 is 14.3 Å². The van der Waals surface area contributed by atoms with Crippen LogP contribution >= 0.6 is 11.6 Å². The van der Waals surface area contributed by atoms with Gasteiger partial charge in [0.2, 0.25) is 5.88 Å². The summed E-state index contributed by atoms with van der Waals surface area (Å²) >= 11 is 6.00. The summed E-state index contributed by atoms with van der Waals surface area (Å²) in [6, 6.07) is 13.3. The van der Waals surface area contributed by atoms with Gasteiger partial charge in [-0.25, -0.2) is 0 Å². The van der Waals surface area contributed by atoms with Gasteiger partial charge >= 0.3 is 0 Å². The SMILES string of the molecule is COc1ccc(Cl)cc1NC(=O)C(C)Oc1ccc(=O)n(-c2ccc(C)c(C)c2)n1. The van der Waals surface area contributed by atoms with Crippen LogP contribution in [0.25, 0.3) is 5.69 Å². The Kier molecular flexibility index (Phi) is 6.42. The average molecular weight is 428 g/mol. The van der Waals surface area contributed by atoms with E-state index in [2.05, 4.69) is 10.4 Å². The van der Waals surface area contributed by atoms with Gasteiger partial charge in [0.1, 0.15) is 5.75 Å². The number of anilines is 1. The summed E-state index contributed by atoms with van der Waals surface area (Å²) in [7, 11) is 1.50. The van der Waals surface area contributed by atoms with Crippen molar-refractivity contribution in [1.29, 1.82) is 0 Å². The summed E-state index contributed by atoms with van der Waals surface area (Å²) in [6.45, 7) is 5.53. The number of methoxy groups -OCH3 is 1. The molecular weight excluding hydrogens is 406 g/mol. The molecule has 3 rings (SSSR count). The number of carbonyl (C=O) groups excluding carboxylic acids is 1. The molecule has 0 aliphatic heterocycles. The van der Waals surface area contributed by atoms with Gasteiger partial charge in [-0.05, 0) is 62.2 Å². The normalized spacial score (nSPS) is 11.6. The Balaban J connectivity index is 1.79. The molecule has 0 radical (unpaired) electrons. The first-order valence-corrected chi connectivity index (χ1v) is 9.65. The van der Waals surface area contributed by atoms with Gasteiger partial charge < -0.3 is 14.8 Å². The second kappa shape index (κ2) is 9.00. The van der Waals surface area contributed by atoms with Gasteiger partial charge in [-0.3, -0.25) is 9.59 Å². The molecule has 1 N–H and O–H groups in total. The predicted octanol–water partition coefficient (Wildman–Crippen LogP) is 3.92. The Bertz CT molecular complexity index is 1140. The van der Waals surface area contributed by atoms with Gasteiger partial charge in [-0.1, -0.05) is 17.7 Å². The van der Waals surface area contributed by atoms with E-state index in [0.717, 1.165) is 11.1 Å². The molecular formula is C22H22ClN3O4. The Labute approximate surface area is 179 Å². The van der Waals surface area contributed by atoms with Gasteiger partial charge in [-0.2, -0.15) is 4.68 Å². The summed E-state index contributed by atoms with van der Waals surface area (Å²) < 4.78 is 12.1. The molecule has 0 bridgehead atoms. The number of hydrogen-bond donors (Lipinski definition) is 1. The van der Waals surface area contributed by atoms with E-state index in [1.54, 1.807) is 25.1 Å². The zero-order valence-electron chi connectivity index (χ0n) is 17.1. The number of rotatable bonds is 6. The molecule has 156 valence electrons. The maximum atomic E-state index is 12.6. The van der Waals surface area contributed by atoms with Gasteiger partial charge in [0.05, 0.1) is 18.5 Å². The number of amides is 1. The molecule has 1 unspecified atom stereocenters. The molecule has 2 aromatic carbocycles. The third kappa shape index (κ3) is 4.80. The Morgan fingerprint density at radius 1 is 1.10 bits per heavy atom. The molecule has 0 aliphatic rings. The predicted molar refractivity (Wildman–Crippen MR) is 116 cm³/mol. The van der Waals surface area contributed by atoms with Crippen LogP contribution in [0.4, 0.5) is 5.69 Å². The van der Waals surface area contributed by atoms with E-state index in [1.165, 1.54) is 23.9 Å². The molecule has 0 saturated carbocycles. The summed E-state index contributed by atoms with van der Waals surface area (Å²) in [5.41, 5.74) is 2.90. The van der Waals surface area contributed by atoms with Crippen LogP contribution in [-0.2, 0) is 4.79 Å². The van der Waals surface area contributed by atoms with Crippen molar-refractivity contribution in [1.82, 2.24) is 9.78 Å². The van der Waals surface area contributed by atoms with Gasteiger partial charge in [0.15, 0.2) is 6.10 Å². The lowest BCUT2D eigenvalue weighted by Crippen LogP contribution is -2.31. The number of aromatic nitrogens is 2. The van der Waals surface area contributed by atoms with Crippen molar-refractivity contribution in [3.05, 3.63) is 75.0 Å². The van der Waals surface area contributed by atoms with E-state index in [4.69, 9.17) is 21.1 Å². The van der Waals surface area contributed by atoms with E-state index in [1.807, 2.05) is 32.0 Å². The smallest absolute Gasteiger partial charge is 0.271 e. The maximum Gasteiger partial charge on any atom is 0.271 e. The molecule has 1 atom stereocenters. The summed E-state index contributed by atoms with van der Waals surface area (Å²) in [4.78, 5) is 24.8. The number of nitrogens with one attached hydrogen (secondary N) is 1. The van der Waals surface area contributed by atoms with Gasteiger partial charge in [-0.15, -0.1) is 5.10 Å². The van der Waals surface area contributed by atoms with Crippen molar-refractivity contribution in [2.45, 2.75) is 26.9 Å². The van der Waals surface area contributed by atoms with Crippen molar-refractivity contribution in [2.75, 3.05) is 12.4 Å². The fourth-order valence-electron chi connectivity index (χ4n) is 2.75. The van der Waals surface area contributed by atoms with E-state index in [-0.39, 0.29) is 11.4 Å². The summed E-state index contributed by atoms with van der Waals surface area (Å²) in [5, 5.41) is 7.43. The highest BCUT2D eigenvalue weighted by Gasteiger charge is 2.18. The van der Waals surface area contributed by atoms with Crippen LogP contribution in [0.2, 0.25) is 5.02 Å². The number of hydrogen-bond acceptors (Lipinski definition) is 5. The second-order valence-corrected chi connectivity index (χ2v) is 7.22. The minimum Gasteiger partial charge on any atom is -0.495 e. The summed E-state index contributed by atoms with van der Waals surface area (Å²) in [5.74, 6) is 0.205. The van der Waals surface area contributed by atoms with Crippen LogP contribution in [0.1, 0.15) is 18.1 Å². The molecule has 1 aromatic heterocycles. The number of ether oxygens (including phenoxy) is 2. The van der Waals surface area contributed by atoms with Crippen molar-refractivity contribution in [3.63, 3.8) is 0 Å². The molecule has 0 saturated heterocycles. The Morgan fingerprint density at radius 3 is 2.57 bits per heavy atom. The lowest BCUT2D eigenvalue weighted by molar-refractivity contribution is -0.122. The molecule has 7 nitrogen and oxygen atoms in total. The highest BCUT2D eigenvalue weighted by atomic mass is 35.5. The molecule has 0 aliphatic carbocycles. The number of nitrogens with zero attached hydrogens (tertiary/aromatic N) is 2. The lowest BCUT2D eigenvalue weighted by atomic mass is 10.1. The average Bonchev–Trinajstić information content (AvgIpc) is 2.71. The Morgan fingerprint density at radius 2 is 1.87 bits per heavy atom. The minimum absolute atomic E-state index is 0.147. The largest absolute Gasteiger partial charge is 0.495 e. The number of aryl methyl sites for hydroxylation is 2. The molecule has 0 spiro atoms. The molecule has 0 fully saturated rings. The van der Waals surface area contributed by atoms with Crippen LogP contribution in [-0.4, -0.2) is 28.9 Å². The zero-order valence-corrected chi connectivity index (χ0v) is 17.9. The number of carbonyl (C=O) groups is 1. The first kappa shape index (κ1) is 21.4. The molecule has 3 aromatic rings. The van der Waals surface area contributed by atoms with E-state index in [9.17, 15) is 9.59 Å². The van der Waals surface area contributed by atoms with Crippen molar-refractivity contribution in [3.8, 4) is 17.3 Å². The number of halogens is 1. The summed E-state index contributed by atoms with van der Waals surface area (Å²) in [6.07, 6.45) is -0.883. The van der Waals surface area contributed by atoms with Crippen molar-refractivity contribution in [2.24, 2.45) is 0 Å². The first-order valence-electron chi connectivity index (χ1n) is 9.27. The zero-order chi connectivity index (χ0) is 21.8. The van der Waals surface area contributed by atoms with Gasteiger partial charge in [0.25, 0.3) is 11.5 Å². The van der Waals surface area contributed by atoms with Crippen LogP contribution in [0.3, 0.4) is 0 Å². The standard InChI is InChI=1S/C22H22ClN3O4/c1-13-5-7-17(11-14(13)2)26-21(27)10-9-20(25-26)30-15(3)22(28)24-18-12-16(23)6-8-19(18)29-4/h5-12,15H,1-4H3,(H,24,28). The van der Waals surface area contributed by atoms with Crippen LogP contribution < -0.4 is 20.3 Å². The van der Waals surface area contributed by atoms with Crippen molar-refractivity contribution >= 4 is 23.2 Å². The number of benzene rings is 2.